The summed E-state index contributed by atoms with van der Waals surface area (Å²) in [5, 5.41) is 8.27. The maximum absolute atomic E-state index is 11.2. The quantitative estimate of drug-likeness (QED) is 0.473. The lowest BCUT2D eigenvalue weighted by molar-refractivity contribution is -0.137. The van der Waals surface area contributed by atoms with Crippen molar-refractivity contribution >= 4 is 5.97 Å². The Kier molecular flexibility index (Phi) is 5.32. The second-order valence-corrected chi connectivity index (χ2v) is 3.46. The van der Waals surface area contributed by atoms with E-state index in [0.717, 1.165) is 5.56 Å². The maximum Gasteiger partial charge on any atom is 0.332 e. The van der Waals surface area contributed by atoms with Crippen molar-refractivity contribution in [2.24, 2.45) is 5.73 Å². The molecule has 1 rings (SSSR count). The van der Waals surface area contributed by atoms with Gasteiger partial charge < -0.3 is 10.5 Å². The van der Waals surface area contributed by atoms with Crippen molar-refractivity contribution in [2.75, 3.05) is 6.61 Å². The Balaban J connectivity index is 2.44. The van der Waals surface area contributed by atoms with Gasteiger partial charge in [-0.3, -0.25) is 0 Å². The first-order valence-corrected chi connectivity index (χ1v) is 5.26. The summed E-state index contributed by atoms with van der Waals surface area (Å²) in [5.41, 5.74) is 7.18. The molecule has 88 valence electrons. The number of hydrogen-bond acceptors (Lipinski definition) is 4. The molecule has 1 aromatic carbocycles. The van der Waals surface area contributed by atoms with Gasteiger partial charge in [0.2, 0.25) is 0 Å². The van der Waals surface area contributed by atoms with Crippen LogP contribution >= 0.6 is 0 Å². The Morgan fingerprint density at radius 2 is 2.12 bits per heavy atom. The van der Waals surface area contributed by atoms with E-state index in [1.165, 1.54) is 6.08 Å². The van der Waals surface area contributed by atoms with Crippen LogP contribution < -0.4 is 5.73 Å². The van der Waals surface area contributed by atoms with Gasteiger partial charge in [-0.25, -0.2) is 4.79 Å². The predicted molar refractivity (Wildman–Crippen MR) is 63.6 cm³/mol. The van der Waals surface area contributed by atoms with Crippen LogP contribution in [0.4, 0.5) is 0 Å². The number of hydrogen-bond donors (Lipinski definition) is 1. The number of allylic oxidation sites excluding steroid dienone is 1. The van der Waals surface area contributed by atoms with Crippen molar-refractivity contribution < 1.29 is 9.53 Å². The molecule has 1 aromatic rings. The first kappa shape index (κ1) is 12.8. The number of rotatable bonds is 5. The van der Waals surface area contributed by atoms with Crippen molar-refractivity contribution in [3.05, 3.63) is 47.7 Å². The predicted octanol–water partition coefficient (Wildman–Crippen LogP) is 1.53. The van der Waals surface area contributed by atoms with Gasteiger partial charge in [-0.15, -0.1) is 0 Å². The van der Waals surface area contributed by atoms with Crippen LogP contribution in [0.25, 0.3) is 0 Å². The van der Waals surface area contributed by atoms with E-state index in [2.05, 4.69) is 0 Å². The molecule has 0 atom stereocenters. The van der Waals surface area contributed by atoms with Crippen LogP contribution in [-0.4, -0.2) is 12.6 Å². The molecule has 0 amide bonds. The lowest BCUT2D eigenvalue weighted by atomic mass is 10.1. The highest BCUT2D eigenvalue weighted by Crippen LogP contribution is 2.03. The van der Waals surface area contributed by atoms with E-state index < -0.39 is 5.97 Å². The van der Waals surface area contributed by atoms with Crippen molar-refractivity contribution in [3.63, 3.8) is 0 Å². The van der Waals surface area contributed by atoms with Crippen LogP contribution in [0.2, 0.25) is 0 Å². The fraction of sp³-hybridized carbons (Fsp3) is 0.231. The van der Waals surface area contributed by atoms with E-state index in [0.29, 0.717) is 12.1 Å². The first-order valence-electron chi connectivity index (χ1n) is 5.26. The molecular weight excluding hydrogens is 216 g/mol. The average molecular weight is 230 g/mol. The summed E-state index contributed by atoms with van der Waals surface area (Å²) in [6.45, 7) is 0.102. The second kappa shape index (κ2) is 7.07. The third-order valence-corrected chi connectivity index (χ3v) is 2.01. The molecule has 2 N–H and O–H groups in total. The van der Waals surface area contributed by atoms with Crippen LogP contribution in [-0.2, 0) is 16.0 Å². The molecular formula is C13H14N2O2. The molecule has 0 fully saturated rings. The number of carbonyl (C=O) groups excluding carboxylic acids is 1. The minimum atomic E-state index is -0.506. The van der Waals surface area contributed by atoms with Crippen molar-refractivity contribution in [2.45, 2.75) is 12.8 Å². The first-order chi connectivity index (χ1) is 8.22. The fourth-order valence-corrected chi connectivity index (χ4v) is 1.27. The van der Waals surface area contributed by atoms with Crippen LogP contribution in [0, 0.1) is 11.3 Å². The van der Waals surface area contributed by atoms with E-state index in [-0.39, 0.29) is 13.0 Å². The monoisotopic (exact) mass is 230 g/mol. The van der Waals surface area contributed by atoms with E-state index in [4.69, 9.17) is 15.7 Å². The van der Waals surface area contributed by atoms with Crippen molar-refractivity contribution in [1.29, 1.82) is 5.26 Å². The van der Waals surface area contributed by atoms with Gasteiger partial charge in [0.05, 0.1) is 12.5 Å². The lowest BCUT2D eigenvalue weighted by Crippen LogP contribution is -2.08. The highest BCUT2D eigenvalue weighted by molar-refractivity contribution is 5.82. The van der Waals surface area contributed by atoms with Gasteiger partial charge in [0.15, 0.2) is 0 Å². The largest absolute Gasteiger partial charge is 0.461 e. The molecule has 4 nitrogen and oxygen atoms in total. The van der Waals surface area contributed by atoms with Gasteiger partial charge in [-0.2, -0.15) is 5.26 Å². The molecule has 0 aliphatic rings. The molecule has 0 saturated heterocycles. The summed E-state index contributed by atoms with van der Waals surface area (Å²) in [6.07, 6.45) is 1.96. The van der Waals surface area contributed by atoms with Gasteiger partial charge in [0.1, 0.15) is 6.61 Å². The second-order valence-electron chi connectivity index (χ2n) is 3.46. The Bertz CT molecular complexity index is 432. The zero-order chi connectivity index (χ0) is 12.5. The van der Waals surface area contributed by atoms with Gasteiger partial charge in [0.25, 0.3) is 0 Å². The standard InChI is InChI=1S/C13H14N2O2/c14-7-4-8-17-13(16)10-12(15)9-11-5-2-1-3-6-11/h1-3,5-6,10H,4,8-9,15H2. The molecule has 0 spiro atoms. The number of carbonyl (C=O) groups is 1. The molecule has 0 aliphatic heterocycles. The summed E-state index contributed by atoms with van der Waals surface area (Å²) in [4.78, 5) is 11.2. The Morgan fingerprint density at radius 1 is 1.41 bits per heavy atom. The average Bonchev–Trinajstić information content (AvgIpc) is 2.30. The van der Waals surface area contributed by atoms with Crippen LogP contribution in [0.15, 0.2) is 42.1 Å². The third-order valence-electron chi connectivity index (χ3n) is 2.01. The SMILES string of the molecule is N#CCCOC(=O)C=C(N)Cc1ccccc1. The molecule has 0 unspecified atom stereocenters. The number of esters is 1. The van der Waals surface area contributed by atoms with Gasteiger partial charge in [-0.1, -0.05) is 30.3 Å². The molecule has 0 saturated carbocycles. The Morgan fingerprint density at radius 3 is 2.76 bits per heavy atom. The minimum Gasteiger partial charge on any atom is -0.461 e. The molecule has 4 heteroatoms. The molecule has 0 bridgehead atoms. The smallest absolute Gasteiger partial charge is 0.332 e. The number of benzene rings is 1. The van der Waals surface area contributed by atoms with E-state index >= 15 is 0 Å². The Labute approximate surface area is 100 Å². The molecule has 0 aliphatic carbocycles. The minimum absolute atomic E-state index is 0.102. The molecule has 0 radical (unpaired) electrons. The number of ether oxygens (including phenoxy) is 1. The Hall–Kier alpha value is -2.28. The summed E-state index contributed by atoms with van der Waals surface area (Å²) >= 11 is 0. The van der Waals surface area contributed by atoms with Crippen LogP contribution in [0.1, 0.15) is 12.0 Å². The summed E-state index contributed by atoms with van der Waals surface area (Å²) in [7, 11) is 0. The molecule has 17 heavy (non-hydrogen) atoms. The summed E-state index contributed by atoms with van der Waals surface area (Å²) < 4.78 is 4.77. The maximum atomic E-state index is 11.2. The number of nitrogens with zero attached hydrogens (tertiary/aromatic N) is 1. The van der Waals surface area contributed by atoms with E-state index in [1.54, 1.807) is 0 Å². The van der Waals surface area contributed by atoms with Gasteiger partial charge in [-0.05, 0) is 5.56 Å². The normalized spacial score (nSPS) is 10.6. The number of nitrogens with two attached hydrogens (primary N) is 1. The van der Waals surface area contributed by atoms with Gasteiger partial charge in [0, 0.05) is 18.2 Å². The van der Waals surface area contributed by atoms with E-state index in [9.17, 15) is 4.79 Å². The zero-order valence-corrected chi connectivity index (χ0v) is 9.43. The highest BCUT2D eigenvalue weighted by atomic mass is 16.5. The van der Waals surface area contributed by atoms with Crippen molar-refractivity contribution in [3.8, 4) is 6.07 Å². The summed E-state index contributed by atoms with van der Waals surface area (Å²) in [6, 6.07) is 11.5. The van der Waals surface area contributed by atoms with Crippen LogP contribution in [0.5, 0.6) is 0 Å². The van der Waals surface area contributed by atoms with Crippen molar-refractivity contribution in [1.82, 2.24) is 0 Å². The molecule has 0 heterocycles. The topological polar surface area (TPSA) is 76.1 Å². The number of nitriles is 1. The van der Waals surface area contributed by atoms with E-state index in [1.807, 2.05) is 36.4 Å². The highest BCUT2D eigenvalue weighted by Gasteiger charge is 2.01. The van der Waals surface area contributed by atoms with Gasteiger partial charge >= 0.3 is 5.97 Å². The summed E-state index contributed by atoms with van der Waals surface area (Å²) in [5.74, 6) is -0.506. The zero-order valence-electron chi connectivity index (χ0n) is 9.43. The third kappa shape index (κ3) is 5.38. The lowest BCUT2D eigenvalue weighted by Gasteiger charge is -2.02. The molecule has 0 aromatic heterocycles. The van der Waals surface area contributed by atoms with Crippen LogP contribution in [0.3, 0.4) is 0 Å². The fourth-order valence-electron chi connectivity index (χ4n) is 1.27.